The first-order valence-corrected chi connectivity index (χ1v) is 6.87. The van der Waals surface area contributed by atoms with Crippen molar-refractivity contribution < 1.29 is 14.7 Å². The molecule has 0 saturated carbocycles. The summed E-state index contributed by atoms with van der Waals surface area (Å²) < 4.78 is 0. The number of carbonyl (C=O) groups is 2. The molecule has 2 amide bonds. The average molecular weight is 278 g/mol. The van der Waals surface area contributed by atoms with E-state index in [2.05, 4.69) is 5.32 Å². The maximum Gasteiger partial charge on any atom is 0.326 e. The lowest BCUT2D eigenvalue weighted by Crippen LogP contribution is -2.50. The smallest absolute Gasteiger partial charge is 0.326 e. The number of nitrogens with one attached hydrogen (secondary N) is 1. The molecule has 0 bridgehead atoms. The highest BCUT2D eigenvalue weighted by molar-refractivity contribution is 5.94. The number of amides is 2. The molecule has 0 radical (unpaired) electrons. The zero-order chi connectivity index (χ0) is 15.1. The zero-order valence-electron chi connectivity index (χ0n) is 12.2. The molecule has 110 valence electrons. The third-order valence-electron chi connectivity index (χ3n) is 3.39. The van der Waals surface area contributed by atoms with Gasteiger partial charge in [0, 0.05) is 12.2 Å². The number of carboxylic acids is 1. The van der Waals surface area contributed by atoms with E-state index in [1.165, 1.54) is 4.90 Å². The Balaban J connectivity index is 2.84. The molecule has 2 unspecified atom stereocenters. The summed E-state index contributed by atoms with van der Waals surface area (Å²) in [6.07, 6.45) is 0.689. The standard InChI is InChI=1S/C15H22N2O3/c1-4-11(3)13(14(18)19)16-15(20)17(5-2)12-9-7-6-8-10-12/h6-11,13H,4-5H2,1-3H3,(H,16,20)(H,18,19). The predicted molar refractivity (Wildman–Crippen MR) is 78.9 cm³/mol. The Morgan fingerprint density at radius 3 is 2.30 bits per heavy atom. The van der Waals surface area contributed by atoms with Crippen LogP contribution in [0.2, 0.25) is 0 Å². The first kappa shape index (κ1) is 16.0. The Labute approximate surface area is 119 Å². The molecule has 0 heterocycles. The highest BCUT2D eigenvalue weighted by atomic mass is 16.4. The van der Waals surface area contributed by atoms with Crippen LogP contribution < -0.4 is 10.2 Å². The number of carbonyl (C=O) groups excluding carboxylic acids is 1. The molecule has 5 heteroatoms. The number of aliphatic carboxylic acids is 1. The van der Waals surface area contributed by atoms with Gasteiger partial charge < -0.3 is 10.4 Å². The monoisotopic (exact) mass is 278 g/mol. The number of para-hydroxylation sites is 1. The molecule has 1 aromatic carbocycles. The first-order valence-electron chi connectivity index (χ1n) is 6.87. The first-order chi connectivity index (χ1) is 9.51. The van der Waals surface area contributed by atoms with Crippen molar-refractivity contribution in [2.75, 3.05) is 11.4 Å². The van der Waals surface area contributed by atoms with E-state index < -0.39 is 12.0 Å². The number of hydrogen-bond acceptors (Lipinski definition) is 2. The summed E-state index contributed by atoms with van der Waals surface area (Å²) >= 11 is 0. The van der Waals surface area contributed by atoms with Gasteiger partial charge in [0.2, 0.25) is 0 Å². The van der Waals surface area contributed by atoms with Crippen molar-refractivity contribution >= 4 is 17.7 Å². The Morgan fingerprint density at radius 2 is 1.85 bits per heavy atom. The Morgan fingerprint density at radius 1 is 1.25 bits per heavy atom. The molecule has 1 aromatic rings. The lowest BCUT2D eigenvalue weighted by atomic mass is 9.99. The summed E-state index contributed by atoms with van der Waals surface area (Å²) in [6.45, 7) is 6.05. The van der Waals surface area contributed by atoms with Crippen molar-refractivity contribution in [3.63, 3.8) is 0 Å². The number of benzene rings is 1. The fraction of sp³-hybridized carbons (Fsp3) is 0.467. The van der Waals surface area contributed by atoms with E-state index >= 15 is 0 Å². The van der Waals surface area contributed by atoms with Crippen LogP contribution in [0.25, 0.3) is 0 Å². The van der Waals surface area contributed by atoms with Gasteiger partial charge in [-0.25, -0.2) is 9.59 Å². The van der Waals surface area contributed by atoms with Gasteiger partial charge in [-0.05, 0) is 25.0 Å². The molecule has 2 N–H and O–H groups in total. The summed E-state index contributed by atoms with van der Waals surface area (Å²) in [5, 5.41) is 11.8. The highest BCUT2D eigenvalue weighted by Crippen LogP contribution is 2.14. The van der Waals surface area contributed by atoms with Crippen LogP contribution in [0.15, 0.2) is 30.3 Å². The molecule has 20 heavy (non-hydrogen) atoms. The lowest BCUT2D eigenvalue weighted by Gasteiger charge is -2.26. The maximum atomic E-state index is 12.3. The quantitative estimate of drug-likeness (QED) is 0.840. The Bertz CT molecular complexity index is 448. The van der Waals surface area contributed by atoms with E-state index in [1.807, 2.05) is 51.1 Å². The Kier molecular flexibility index (Phi) is 6.03. The number of anilines is 1. The van der Waals surface area contributed by atoms with Gasteiger partial charge in [-0.1, -0.05) is 38.5 Å². The molecule has 0 aliphatic heterocycles. The van der Waals surface area contributed by atoms with Crippen molar-refractivity contribution in [3.8, 4) is 0 Å². The number of nitrogens with zero attached hydrogens (tertiary/aromatic N) is 1. The van der Waals surface area contributed by atoms with Crippen molar-refractivity contribution in [2.24, 2.45) is 5.92 Å². The minimum absolute atomic E-state index is 0.120. The van der Waals surface area contributed by atoms with Gasteiger partial charge in [0.1, 0.15) is 6.04 Å². The molecule has 1 rings (SSSR count). The fourth-order valence-electron chi connectivity index (χ4n) is 1.95. The second-order valence-electron chi connectivity index (χ2n) is 4.73. The number of carboxylic acid groups (broad SMARTS) is 1. The van der Waals surface area contributed by atoms with Crippen LogP contribution in [0.5, 0.6) is 0 Å². The van der Waals surface area contributed by atoms with Crippen LogP contribution in [0, 0.1) is 5.92 Å². The van der Waals surface area contributed by atoms with Gasteiger partial charge in [0.15, 0.2) is 0 Å². The summed E-state index contributed by atoms with van der Waals surface area (Å²) in [5.74, 6) is -1.12. The largest absolute Gasteiger partial charge is 0.480 e. The van der Waals surface area contributed by atoms with Gasteiger partial charge >= 0.3 is 12.0 Å². The molecule has 0 spiro atoms. The van der Waals surface area contributed by atoms with Crippen LogP contribution in [-0.2, 0) is 4.79 Å². The number of hydrogen-bond donors (Lipinski definition) is 2. The summed E-state index contributed by atoms with van der Waals surface area (Å²) in [6, 6.07) is 7.94. The van der Waals surface area contributed by atoms with Crippen molar-refractivity contribution in [3.05, 3.63) is 30.3 Å². The SMILES string of the molecule is CCC(C)C(NC(=O)N(CC)c1ccccc1)C(=O)O. The minimum Gasteiger partial charge on any atom is -0.480 e. The van der Waals surface area contributed by atoms with Crippen LogP contribution >= 0.6 is 0 Å². The third-order valence-corrected chi connectivity index (χ3v) is 3.39. The average Bonchev–Trinajstić information content (AvgIpc) is 2.45. The molecular formula is C15H22N2O3. The third kappa shape index (κ3) is 3.98. The molecule has 0 fully saturated rings. The Hall–Kier alpha value is -2.04. The van der Waals surface area contributed by atoms with Crippen LogP contribution in [-0.4, -0.2) is 29.7 Å². The van der Waals surface area contributed by atoms with Gasteiger partial charge in [0.05, 0.1) is 0 Å². The summed E-state index contributed by atoms with van der Waals surface area (Å²) in [4.78, 5) is 25.0. The molecule has 0 aromatic heterocycles. The van der Waals surface area contributed by atoms with E-state index in [0.717, 1.165) is 5.69 Å². The van der Waals surface area contributed by atoms with E-state index in [1.54, 1.807) is 0 Å². The highest BCUT2D eigenvalue weighted by Gasteiger charge is 2.27. The number of urea groups is 1. The minimum atomic E-state index is -1.00. The summed E-state index contributed by atoms with van der Waals surface area (Å²) in [7, 11) is 0. The van der Waals surface area contributed by atoms with E-state index in [9.17, 15) is 14.7 Å². The van der Waals surface area contributed by atoms with E-state index in [-0.39, 0.29) is 11.9 Å². The van der Waals surface area contributed by atoms with Crippen molar-refractivity contribution in [1.29, 1.82) is 0 Å². The van der Waals surface area contributed by atoms with Crippen molar-refractivity contribution in [2.45, 2.75) is 33.2 Å². The normalized spacial score (nSPS) is 13.3. The molecular weight excluding hydrogens is 256 g/mol. The molecule has 0 aliphatic carbocycles. The summed E-state index contributed by atoms with van der Waals surface area (Å²) in [5.41, 5.74) is 0.751. The zero-order valence-corrected chi connectivity index (χ0v) is 12.2. The van der Waals surface area contributed by atoms with Gasteiger partial charge in [-0.2, -0.15) is 0 Å². The maximum absolute atomic E-state index is 12.3. The van der Waals surface area contributed by atoms with Crippen LogP contribution in [0.3, 0.4) is 0 Å². The number of rotatable bonds is 6. The van der Waals surface area contributed by atoms with Gasteiger partial charge in [-0.3, -0.25) is 4.90 Å². The van der Waals surface area contributed by atoms with Crippen molar-refractivity contribution in [1.82, 2.24) is 5.32 Å². The lowest BCUT2D eigenvalue weighted by molar-refractivity contribution is -0.140. The second-order valence-corrected chi connectivity index (χ2v) is 4.73. The van der Waals surface area contributed by atoms with Crippen LogP contribution in [0.4, 0.5) is 10.5 Å². The van der Waals surface area contributed by atoms with Crippen LogP contribution in [0.1, 0.15) is 27.2 Å². The van der Waals surface area contributed by atoms with E-state index in [0.29, 0.717) is 13.0 Å². The van der Waals surface area contributed by atoms with Gasteiger partial charge in [0.25, 0.3) is 0 Å². The van der Waals surface area contributed by atoms with E-state index in [4.69, 9.17) is 0 Å². The predicted octanol–water partition coefficient (Wildman–Crippen LogP) is 2.72. The second kappa shape index (κ2) is 7.53. The fourth-order valence-corrected chi connectivity index (χ4v) is 1.95. The molecule has 0 saturated heterocycles. The van der Waals surface area contributed by atoms with Gasteiger partial charge in [-0.15, -0.1) is 0 Å². The topological polar surface area (TPSA) is 69.6 Å². The molecule has 5 nitrogen and oxygen atoms in total. The molecule has 2 atom stereocenters. The molecule has 0 aliphatic rings.